The van der Waals surface area contributed by atoms with Gasteiger partial charge in [0, 0.05) is 18.5 Å². The number of hydrazone groups is 1. The molecule has 29 heavy (non-hydrogen) atoms. The monoisotopic (exact) mass is 397 g/mol. The smallest absolute Gasteiger partial charge is 0.240 e. The fourth-order valence-electron chi connectivity index (χ4n) is 2.54. The molecule has 2 aromatic carbocycles. The molecule has 7 heteroatoms. The normalized spacial score (nSPS) is 10.6. The maximum atomic E-state index is 12.0. The number of nitrogens with one attached hydrogen (secondary N) is 2. The average molecular weight is 397 g/mol. The minimum absolute atomic E-state index is 0.0442. The molecule has 0 fully saturated rings. The lowest BCUT2D eigenvalue weighted by Crippen LogP contribution is -2.20. The molecular weight excluding hydrogens is 370 g/mol. The third-order valence-electron chi connectivity index (χ3n) is 3.97. The number of carbonyl (C=O) groups excluding carboxylic acids is 2. The van der Waals surface area contributed by atoms with Gasteiger partial charge >= 0.3 is 0 Å². The Kier molecular flexibility index (Phi) is 8.69. The predicted molar refractivity (Wildman–Crippen MR) is 114 cm³/mol. The van der Waals surface area contributed by atoms with Crippen molar-refractivity contribution in [2.45, 2.75) is 33.6 Å². The van der Waals surface area contributed by atoms with Crippen LogP contribution < -0.4 is 20.2 Å². The Morgan fingerprint density at radius 3 is 2.38 bits per heavy atom. The van der Waals surface area contributed by atoms with Crippen molar-refractivity contribution >= 4 is 23.7 Å². The largest absolute Gasteiger partial charge is 0.490 e. The summed E-state index contributed by atoms with van der Waals surface area (Å²) in [7, 11) is 0. The van der Waals surface area contributed by atoms with Crippen LogP contribution in [0, 0.1) is 6.92 Å². The second-order valence-corrected chi connectivity index (χ2v) is 6.23. The summed E-state index contributed by atoms with van der Waals surface area (Å²) in [5.41, 5.74) is 4.91. The SMILES string of the molecule is CCOc1ccc(C=NNC(=O)CCC(=O)Nc2ccccc2C)cc1OCC. The van der Waals surface area contributed by atoms with E-state index in [9.17, 15) is 9.59 Å². The summed E-state index contributed by atoms with van der Waals surface area (Å²) in [6.45, 7) is 6.77. The van der Waals surface area contributed by atoms with E-state index in [1.807, 2.05) is 51.1 Å². The quantitative estimate of drug-likeness (QED) is 0.473. The van der Waals surface area contributed by atoms with Gasteiger partial charge in [-0.3, -0.25) is 9.59 Å². The first-order chi connectivity index (χ1) is 14.0. The number of benzene rings is 2. The molecule has 2 rings (SSSR count). The molecule has 0 atom stereocenters. The Morgan fingerprint density at radius 2 is 1.66 bits per heavy atom. The molecule has 0 heterocycles. The number of carbonyl (C=O) groups is 2. The summed E-state index contributed by atoms with van der Waals surface area (Å²) >= 11 is 0. The molecular formula is C22H27N3O4. The Labute approximate surface area is 171 Å². The van der Waals surface area contributed by atoms with E-state index in [2.05, 4.69) is 15.8 Å². The van der Waals surface area contributed by atoms with Crippen LogP contribution in [-0.2, 0) is 9.59 Å². The highest BCUT2D eigenvalue weighted by Gasteiger charge is 2.08. The van der Waals surface area contributed by atoms with E-state index in [1.54, 1.807) is 12.1 Å². The summed E-state index contributed by atoms with van der Waals surface area (Å²) in [5.74, 6) is 0.733. The zero-order chi connectivity index (χ0) is 21.1. The van der Waals surface area contributed by atoms with E-state index in [0.29, 0.717) is 24.7 Å². The standard InChI is InChI=1S/C22H27N3O4/c1-4-28-19-11-10-17(14-20(19)29-5-2)15-23-25-22(27)13-12-21(26)24-18-9-7-6-8-16(18)3/h6-11,14-15H,4-5,12-13H2,1-3H3,(H,24,26)(H,25,27). The van der Waals surface area contributed by atoms with Gasteiger partial charge in [0.05, 0.1) is 19.4 Å². The molecule has 0 saturated carbocycles. The number of hydrogen-bond donors (Lipinski definition) is 2. The topological polar surface area (TPSA) is 89.0 Å². The molecule has 0 saturated heterocycles. The number of amides is 2. The van der Waals surface area contributed by atoms with Crippen molar-refractivity contribution in [2.24, 2.45) is 5.10 Å². The van der Waals surface area contributed by atoms with E-state index in [1.165, 1.54) is 6.21 Å². The molecule has 0 unspecified atom stereocenters. The van der Waals surface area contributed by atoms with Crippen LogP contribution in [0.1, 0.15) is 37.8 Å². The first-order valence-corrected chi connectivity index (χ1v) is 9.60. The highest BCUT2D eigenvalue weighted by atomic mass is 16.5. The number of rotatable bonds is 10. The van der Waals surface area contributed by atoms with Gasteiger partial charge in [0.15, 0.2) is 11.5 Å². The molecule has 2 N–H and O–H groups in total. The molecule has 7 nitrogen and oxygen atoms in total. The summed E-state index contributed by atoms with van der Waals surface area (Å²) in [6.07, 6.45) is 1.64. The van der Waals surface area contributed by atoms with Gasteiger partial charge in [-0.15, -0.1) is 0 Å². The zero-order valence-corrected chi connectivity index (χ0v) is 17.0. The van der Waals surface area contributed by atoms with Crippen LogP contribution in [-0.4, -0.2) is 31.2 Å². The zero-order valence-electron chi connectivity index (χ0n) is 17.0. The Morgan fingerprint density at radius 1 is 0.966 bits per heavy atom. The van der Waals surface area contributed by atoms with Crippen LogP contribution in [0.2, 0.25) is 0 Å². The van der Waals surface area contributed by atoms with E-state index < -0.39 is 0 Å². The summed E-state index contributed by atoms with van der Waals surface area (Å²) in [6, 6.07) is 12.9. The van der Waals surface area contributed by atoms with Crippen LogP contribution >= 0.6 is 0 Å². The molecule has 2 amide bonds. The van der Waals surface area contributed by atoms with E-state index in [0.717, 1.165) is 16.8 Å². The van der Waals surface area contributed by atoms with Gasteiger partial charge < -0.3 is 14.8 Å². The first-order valence-electron chi connectivity index (χ1n) is 9.60. The molecule has 0 radical (unpaired) electrons. The van der Waals surface area contributed by atoms with Crippen molar-refractivity contribution in [1.29, 1.82) is 0 Å². The molecule has 0 aromatic heterocycles. The fourth-order valence-corrected chi connectivity index (χ4v) is 2.54. The van der Waals surface area contributed by atoms with Gasteiger partial charge in [0.25, 0.3) is 0 Å². The number of hydrogen-bond acceptors (Lipinski definition) is 5. The van der Waals surface area contributed by atoms with E-state index >= 15 is 0 Å². The summed E-state index contributed by atoms with van der Waals surface area (Å²) in [5, 5.41) is 6.74. The van der Waals surface area contributed by atoms with Crippen LogP contribution in [0.25, 0.3) is 0 Å². The van der Waals surface area contributed by atoms with Gasteiger partial charge in [-0.2, -0.15) is 5.10 Å². The number of ether oxygens (including phenoxy) is 2. The fraction of sp³-hybridized carbons (Fsp3) is 0.318. The van der Waals surface area contributed by atoms with E-state index in [-0.39, 0.29) is 24.7 Å². The van der Waals surface area contributed by atoms with Gasteiger partial charge in [0.1, 0.15) is 0 Å². The van der Waals surface area contributed by atoms with E-state index in [4.69, 9.17) is 9.47 Å². The van der Waals surface area contributed by atoms with Crippen molar-refractivity contribution in [3.05, 3.63) is 53.6 Å². The molecule has 0 aliphatic heterocycles. The second-order valence-electron chi connectivity index (χ2n) is 6.23. The third kappa shape index (κ3) is 7.29. The maximum absolute atomic E-state index is 12.0. The lowest BCUT2D eigenvalue weighted by atomic mass is 10.2. The lowest BCUT2D eigenvalue weighted by Gasteiger charge is -2.11. The molecule has 2 aromatic rings. The predicted octanol–water partition coefficient (Wildman–Crippen LogP) is 3.66. The number of aryl methyl sites for hydroxylation is 1. The summed E-state index contributed by atoms with van der Waals surface area (Å²) < 4.78 is 11.1. The van der Waals surface area contributed by atoms with Crippen molar-refractivity contribution in [2.75, 3.05) is 18.5 Å². The Hall–Kier alpha value is -3.35. The lowest BCUT2D eigenvalue weighted by molar-refractivity contribution is -0.124. The molecule has 0 spiro atoms. The Bertz CT molecular complexity index is 865. The van der Waals surface area contributed by atoms with Crippen LogP contribution in [0.3, 0.4) is 0 Å². The minimum atomic E-state index is -0.336. The molecule has 154 valence electrons. The van der Waals surface area contributed by atoms with Crippen molar-refractivity contribution in [3.8, 4) is 11.5 Å². The van der Waals surface area contributed by atoms with Gasteiger partial charge in [-0.25, -0.2) is 5.43 Å². The van der Waals surface area contributed by atoms with Crippen LogP contribution in [0.4, 0.5) is 5.69 Å². The van der Waals surface area contributed by atoms with Gasteiger partial charge in [0.2, 0.25) is 11.8 Å². The number of para-hydroxylation sites is 1. The van der Waals surface area contributed by atoms with Crippen molar-refractivity contribution in [1.82, 2.24) is 5.43 Å². The minimum Gasteiger partial charge on any atom is -0.490 e. The van der Waals surface area contributed by atoms with Crippen LogP contribution in [0.15, 0.2) is 47.6 Å². The highest BCUT2D eigenvalue weighted by molar-refractivity contribution is 5.94. The second kappa shape index (κ2) is 11.5. The molecule has 0 aliphatic carbocycles. The average Bonchev–Trinajstić information content (AvgIpc) is 2.70. The molecule has 0 bridgehead atoms. The van der Waals surface area contributed by atoms with Crippen molar-refractivity contribution in [3.63, 3.8) is 0 Å². The third-order valence-corrected chi connectivity index (χ3v) is 3.97. The summed E-state index contributed by atoms with van der Waals surface area (Å²) in [4.78, 5) is 23.9. The van der Waals surface area contributed by atoms with Crippen LogP contribution in [0.5, 0.6) is 11.5 Å². The maximum Gasteiger partial charge on any atom is 0.240 e. The van der Waals surface area contributed by atoms with Gasteiger partial charge in [-0.1, -0.05) is 18.2 Å². The molecule has 0 aliphatic rings. The Balaban J connectivity index is 1.82. The first kappa shape index (κ1) is 21.9. The highest BCUT2D eigenvalue weighted by Crippen LogP contribution is 2.27. The number of anilines is 1. The number of nitrogens with zero attached hydrogens (tertiary/aromatic N) is 1. The van der Waals surface area contributed by atoms with Gasteiger partial charge in [-0.05, 0) is 56.2 Å². The van der Waals surface area contributed by atoms with Crippen molar-refractivity contribution < 1.29 is 19.1 Å².